The first kappa shape index (κ1) is 18.9. The predicted molar refractivity (Wildman–Crippen MR) is 107 cm³/mol. The summed E-state index contributed by atoms with van der Waals surface area (Å²) in [5.74, 6) is 0.394. The van der Waals surface area contributed by atoms with Crippen LogP contribution in [-0.4, -0.2) is 41.8 Å². The second-order valence-electron chi connectivity index (χ2n) is 6.39. The molecule has 0 fully saturated rings. The summed E-state index contributed by atoms with van der Waals surface area (Å²) < 4.78 is 5.67. The number of hydrogen-bond acceptors (Lipinski definition) is 4. The summed E-state index contributed by atoms with van der Waals surface area (Å²) in [6, 6.07) is 16.6. The highest BCUT2D eigenvalue weighted by molar-refractivity contribution is 6.09. The Bertz CT molecular complexity index is 877. The van der Waals surface area contributed by atoms with Crippen LogP contribution in [0.5, 0.6) is 5.88 Å². The van der Waals surface area contributed by atoms with Crippen LogP contribution in [0.3, 0.4) is 0 Å². The van der Waals surface area contributed by atoms with E-state index in [0.29, 0.717) is 23.7 Å². The Balaban J connectivity index is 1.67. The van der Waals surface area contributed by atoms with Crippen LogP contribution < -0.4 is 15.4 Å². The number of fused-ring (bicyclic) bond motifs is 1. The number of hydrogen-bond donors (Lipinski definition) is 4. The Morgan fingerprint density at radius 1 is 1.19 bits per heavy atom. The van der Waals surface area contributed by atoms with Crippen LogP contribution in [0, 0.1) is 0 Å². The number of anilines is 1. The minimum Gasteiger partial charge on any atom is -0.476 e. The third-order valence-electron chi connectivity index (χ3n) is 4.16. The van der Waals surface area contributed by atoms with E-state index in [1.54, 1.807) is 12.1 Å². The normalized spacial score (nSPS) is 12.1. The quantitative estimate of drug-likeness (QED) is 0.438. The van der Waals surface area contributed by atoms with Gasteiger partial charge in [0.1, 0.15) is 12.7 Å². The number of ether oxygens (including phenoxy) is 1. The maximum Gasteiger partial charge on any atom is 0.255 e. The SMILES string of the molecule is CCCNCC(O)COc1cc2c(NC(=O)c3ccccc3)cccc2[nH]1. The van der Waals surface area contributed by atoms with Gasteiger partial charge in [0.25, 0.3) is 5.91 Å². The number of nitrogens with one attached hydrogen (secondary N) is 3. The summed E-state index contributed by atoms with van der Waals surface area (Å²) >= 11 is 0. The maximum atomic E-state index is 12.4. The molecule has 3 aromatic rings. The molecule has 1 aromatic heterocycles. The first-order valence-corrected chi connectivity index (χ1v) is 9.17. The molecule has 0 saturated heterocycles. The fraction of sp³-hybridized carbons (Fsp3) is 0.286. The Morgan fingerprint density at radius 3 is 2.78 bits per heavy atom. The lowest BCUT2D eigenvalue weighted by atomic mass is 10.2. The number of aromatic amines is 1. The van der Waals surface area contributed by atoms with E-state index in [2.05, 4.69) is 22.5 Å². The van der Waals surface area contributed by atoms with Gasteiger partial charge in [-0.25, -0.2) is 0 Å². The molecule has 6 nitrogen and oxygen atoms in total. The summed E-state index contributed by atoms with van der Waals surface area (Å²) in [7, 11) is 0. The highest BCUT2D eigenvalue weighted by Gasteiger charge is 2.11. The highest BCUT2D eigenvalue weighted by Crippen LogP contribution is 2.28. The molecule has 0 spiro atoms. The molecule has 0 aliphatic carbocycles. The van der Waals surface area contributed by atoms with Crippen LogP contribution in [0.25, 0.3) is 10.9 Å². The molecule has 6 heteroatoms. The molecule has 1 unspecified atom stereocenters. The van der Waals surface area contributed by atoms with Crippen molar-refractivity contribution < 1.29 is 14.6 Å². The summed E-state index contributed by atoms with van der Waals surface area (Å²) in [6.07, 6.45) is 0.438. The molecule has 4 N–H and O–H groups in total. The van der Waals surface area contributed by atoms with Crippen LogP contribution in [0.1, 0.15) is 23.7 Å². The third kappa shape index (κ3) is 5.09. The van der Waals surface area contributed by atoms with Crippen molar-refractivity contribution in [2.45, 2.75) is 19.4 Å². The topological polar surface area (TPSA) is 86.4 Å². The average Bonchev–Trinajstić information content (AvgIpc) is 3.11. The summed E-state index contributed by atoms with van der Waals surface area (Å²) in [4.78, 5) is 15.6. The van der Waals surface area contributed by atoms with E-state index in [1.165, 1.54) is 0 Å². The Morgan fingerprint density at radius 2 is 2.00 bits per heavy atom. The van der Waals surface area contributed by atoms with Crippen molar-refractivity contribution in [3.8, 4) is 5.88 Å². The van der Waals surface area contributed by atoms with E-state index in [9.17, 15) is 9.90 Å². The molecule has 0 aliphatic heterocycles. The molecule has 142 valence electrons. The van der Waals surface area contributed by atoms with Gasteiger partial charge < -0.3 is 25.5 Å². The second kappa shape index (κ2) is 9.21. The molecule has 1 heterocycles. The monoisotopic (exact) mass is 367 g/mol. The summed E-state index contributed by atoms with van der Waals surface area (Å²) in [5.41, 5.74) is 2.16. The van der Waals surface area contributed by atoms with Gasteiger partial charge in [-0.3, -0.25) is 4.79 Å². The number of H-pyrrole nitrogens is 1. The summed E-state index contributed by atoms with van der Waals surface area (Å²) in [6.45, 7) is 3.63. The molecule has 27 heavy (non-hydrogen) atoms. The number of rotatable bonds is 9. The molecule has 2 aromatic carbocycles. The third-order valence-corrected chi connectivity index (χ3v) is 4.16. The number of carbonyl (C=O) groups excluding carboxylic acids is 1. The molecule has 1 amide bonds. The van der Waals surface area contributed by atoms with Crippen molar-refractivity contribution in [1.29, 1.82) is 0 Å². The van der Waals surface area contributed by atoms with Gasteiger partial charge in [-0.15, -0.1) is 0 Å². The van der Waals surface area contributed by atoms with Crippen molar-refractivity contribution >= 4 is 22.5 Å². The van der Waals surface area contributed by atoms with Crippen molar-refractivity contribution in [2.75, 3.05) is 25.0 Å². The lowest BCUT2D eigenvalue weighted by Gasteiger charge is -2.11. The van der Waals surface area contributed by atoms with Gasteiger partial charge >= 0.3 is 0 Å². The lowest BCUT2D eigenvalue weighted by molar-refractivity contribution is 0.102. The van der Waals surface area contributed by atoms with Crippen molar-refractivity contribution in [3.63, 3.8) is 0 Å². The van der Waals surface area contributed by atoms with Crippen LogP contribution in [0.15, 0.2) is 54.6 Å². The number of benzene rings is 2. The number of aliphatic hydroxyl groups excluding tert-OH is 1. The molecular formula is C21H25N3O3. The molecule has 0 saturated carbocycles. The molecule has 1 atom stereocenters. The Kier molecular flexibility index (Phi) is 6.46. The van der Waals surface area contributed by atoms with Crippen LogP contribution in [-0.2, 0) is 0 Å². The molecule has 0 radical (unpaired) electrons. The van der Waals surface area contributed by atoms with Gasteiger partial charge in [0.2, 0.25) is 0 Å². The first-order valence-electron chi connectivity index (χ1n) is 9.17. The molecule has 3 rings (SSSR count). The molecule has 0 aliphatic rings. The zero-order valence-electron chi connectivity index (χ0n) is 15.4. The fourth-order valence-corrected chi connectivity index (χ4v) is 2.79. The fourth-order valence-electron chi connectivity index (χ4n) is 2.79. The Hall–Kier alpha value is -2.83. The number of carbonyl (C=O) groups is 1. The smallest absolute Gasteiger partial charge is 0.255 e. The highest BCUT2D eigenvalue weighted by atomic mass is 16.5. The van der Waals surface area contributed by atoms with E-state index in [-0.39, 0.29) is 12.5 Å². The van der Waals surface area contributed by atoms with Gasteiger partial charge in [0.15, 0.2) is 5.88 Å². The van der Waals surface area contributed by atoms with Gasteiger partial charge in [0, 0.05) is 23.6 Å². The van der Waals surface area contributed by atoms with Gasteiger partial charge in [-0.05, 0) is 37.2 Å². The standard InChI is InChI=1S/C21H25N3O3/c1-2-11-22-13-16(25)14-27-20-12-17-18(23-20)9-6-10-19(17)24-21(26)15-7-4-3-5-8-15/h3-10,12,16,22-23,25H,2,11,13-14H2,1H3,(H,24,26). The molecule has 0 bridgehead atoms. The van der Waals surface area contributed by atoms with Gasteiger partial charge in [-0.2, -0.15) is 0 Å². The van der Waals surface area contributed by atoms with E-state index in [4.69, 9.17) is 4.74 Å². The predicted octanol–water partition coefficient (Wildman–Crippen LogP) is 3.16. The van der Waals surface area contributed by atoms with Crippen molar-refractivity contribution in [2.24, 2.45) is 0 Å². The minimum atomic E-state index is -0.583. The summed E-state index contributed by atoms with van der Waals surface area (Å²) in [5, 5.41) is 16.9. The zero-order chi connectivity index (χ0) is 19.1. The number of aliphatic hydroxyl groups is 1. The van der Waals surface area contributed by atoms with Gasteiger partial charge in [0.05, 0.1) is 11.2 Å². The van der Waals surface area contributed by atoms with E-state index >= 15 is 0 Å². The number of aromatic nitrogens is 1. The zero-order valence-corrected chi connectivity index (χ0v) is 15.4. The van der Waals surface area contributed by atoms with Crippen molar-refractivity contribution in [1.82, 2.24) is 10.3 Å². The van der Waals surface area contributed by atoms with Crippen LogP contribution in [0.2, 0.25) is 0 Å². The lowest BCUT2D eigenvalue weighted by Crippen LogP contribution is -2.31. The van der Waals surface area contributed by atoms with E-state index < -0.39 is 6.10 Å². The van der Waals surface area contributed by atoms with Crippen LogP contribution >= 0.6 is 0 Å². The van der Waals surface area contributed by atoms with E-state index in [1.807, 2.05) is 42.5 Å². The molecular weight excluding hydrogens is 342 g/mol. The minimum absolute atomic E-state index is 0.163. The Labute approximate surface area is 158 Å². The largest absolute Gasteiger partial charge is 0.476 e. The van der Waals surface area contributed by atoms with Crippen molar-refractivity contribution in [3.05, 3.63) is 60.2 Å². The number of amides is 1. The second-order valence-corrected chi connectivity index (χ2v) is 6.39. The maximum absolute atomic E-state index is 12.4. The first-order chi connectivity index (χ1) is 13.2. The average molecular weight is 367 g/mol. The van der Waals surface area contributed by atoms with Gasteiger partial charge in [-0.1, -0.05) is 31.2 Å². The van der Waals surface area contributed by atoms with Crippen LogP contribution in [0.4, 0.5) is 5.69 Å². The van der Waals surface area contributed by atoms with E-state index in [0.717, 1.165) is 23.9 Å².